The molecule has 1 unspecified atom stereocenters. The number of benzene rings is 1. The minimum Gasteiger partial charge on any atom is -0.343 e. The van der Waals surface area contributed by atoms with Crippen molar-refractivity contribution in [2.45, 2.75) is 24.3 Å². The van der Waals surface area contributed by atoms with E-state index in [4.69, 9.17) is 4.52 Å². The summed E-state index contributed by atoms with van der Waals surface area (Å²) in [6.45, 7) is 1.70. The number of rotatable bonds is 6. The lowest BCUT2D eigenvalue weighted by atomic mass is 10.1. The van der Waals surface area contributed by atoms with Gasteiger partial charge >= 0.3 is 0 Å². The van der Waals surface area contributed by atoms with E-state index in [1.807, 2.05) is 30.3 Å². The Hall–Kier alpha value is -2.52. The summed E-state index contributed by atoms with van der Waals surface area (Å²) >= 11 is 0. The molecule has 2 heterocycles. The van der Waals surface area contributed by atoms with Gasteiger partial charge in [-0.25, -0.2) is 8.42 Å². The summed E-state index contributed by atoms with van der Waals surface area (Å²) in [6, 6.07) is 8.87. The van der Waals surface area contributed by atoms with Gasteiger partial charge in [0.1, 0.15) is 4.90 Å². The fraction of sp³-hybridized carbons (Fsp3) is 0.267. The maximum Gasteiger partial charge on any atom is 0.244 e. The fourth-order valence-electron chi connectivity index (χ4n) is 2.36. The van der Waals surface area contributed by atoms with Crippen LogP contribution in [0.1, 0.15) is 23.1 Å². The molecule has 2 aromatic heterocycles. The summed E-state index contributed by atoms with van der Waals surface area (Å²) in [6.07, 6.45) is 2.91. The number of hydrogen-bond acceptors (Lipinski definition) is 6. The number of aryl methyl sites for hydroxylation is 1. The third kappa shape index (κ3) is 3.36. The van der Waals surface area contributed by atoms with E-state index in [9.17, 15) is 8.42 Å². The second kappa shape index (κ2) is 6.54. The van der Waals surface area contributed by atoms with Crippen LogP contribution < -0.4 is 4.72 Å². The molecule has 9 heteroatoms. The van der Waals surface area contributed by atoms with Gasteiger partial charge in [0.15, 0.2) is 5.82 Å². The molecule has 1 aromatic carbocycles. The van der Waals surface area contributed by atoms with Crippen LogP contribution in [0, 0.1) is 6.92 Å². The molecular formula is C15H17N5O3S. The lowest BCUT2D eigenvalue weighted by molar-refractivity contribution is 0.401. The zero-order chi connectivity index (χ0) is 17.2. The quantitative estimate of drug-likeness (QED) is 0.722. The summed E-state index contributed by atoms with van der Waals surface area (Å²) in [4.78, 5) is 4.12. The molecule has 0 aliphatic rings. The molecular weight excluding hydrogens is 330 g/mol. The minimum absolute atomic E-state index is 0.131. The van der Waals surface area contributed by atoms with Gasteiger partial charge in [-0.1, -0.05) is 35.5 Å². The molecule has 3 rings (SSSR count). The van der Waals surface area contributed by atoms with Crippen LogP contribution in [-0.4, -0.2) is 28.3 Å². The minimum atomic E-state index is -3.77. The summed E-state index contributed by atoms with van der Waals surface area (Å²) in [5, 5.41) is 7.77. The van der Waals surface area contributed by atoms with E-state index in [0.29, 0.717) is 12.1 Å². The topological polar surface area (TPSA) is 103 Å². The van der Waals surface area contributed by atoms with Crippen molar-refractivity contribution in [3.63, 3.8) is 0 Å². The molecule has 1 atom stereocenters. The monoisotopic (exact) mass is 347 g/mol. The van der Waals surface area contributed by atoms with Gasteiger partial charge < -0.3 is 4.52 Å². The summed E-state index contributed by atoms with van der Waals surface area (Å²) in [5.41, 5.74) is 1.51. The van der Waals surface area contributed by atoms with E-state index in [2.05, 4.69) is 20.0 Å². The highest BCUT2D eigenvalue weighted by atomic mass is 32.2. The van der Waals surface area contributed by atoms with E-state index >= 15 is 0 Å². The number of nitrogens with zero attached hydrogens (tertiary/aromatic N) is 4. The molecule has 0 saturated heterocycles. The third-order valence-corrected chi connectivity index (χ3v) is 5.32. The second-order valence-corrected chi connectivity index (χ2v) is 7.05. The van der Waals surface area contributed by atoms with Gasteiger partial charge in [-0.3, -0.25) is 4.68 Å². The number of sulfonamides is 1. The predicted molar refractivity (Wildman–Crippen MR) is 85.5 cm³/mol. The van der Waals surface area contributed by atoms with Crippen molar-refractivity contribution in [3.8, 4) is 0 Å². The Morgan fingerprint density at radius 1 is 1.29 bits per heavy atom. The molecule has 24 heavy (non-hydrogen) atoms. The van der Waals surface area contributed by atoms with Crippen LogP contribution in [0.4, 0.5) is 0 Å². The third-order valence-electron chi connectivity index (χ3n) is 3.75. The Morgan fingerprint density at radius 2 is 2.04 bits per heavy atom. The van der Waals surface area contributed by atoms with E-state index in [0.717, 1.165) is 5.56 Å². The Balaban J connectivity index is 1.91. The molecule has 0 saturated carbocycles. The normalized spacial score (nSPS) is 13.1. The van der Waals surface area contributed by atoms with Crippen molar-refractivity contribution < 1.29 is 12.9 Å². The highest BCUT2D eigenvalue weighted by molar-refractivity contribution is 7.89. The summed E-state index contributed by atoms with van der Waals surface area (Å²) < 4.78 is 34.3. The first-order chi connectivity index (χ1) is 11.5. The molecule has 0 fully saturated rings. The standard InChI is InChI=1S/C15H17N5O3S/c1-11-14(9-17-20(11)2)24(21,22)19-13(15-16-10-23-18-15)8-12-6-4-3-5-7-12/h3-7,9-10,13,19H,8H2,1-2H3. The molecule has 0 aliphatic heterocycles. The van der Waals surface area contributed by atoms with Crippen molar-refractivity contribution >= 4 is 10.0 Å². The van der Waals surface area contributed by atoms with Crippen LogP contribution in [0.15, 0.2) is 52.3 Å². The number of nitrogens with one attached hydrogen (secondary N) is 1. The molecule has 0 spiro atoms. The van der Waals surface area contributed by atoms with E-state index < -0.39 is 16.1 Å². The summed E-state index contributed by atoms with van der Waals surface area (Å²) in [5.74, 6) is 0.281. The van der Waals surface area contributed by atoms with Crippen LogP contribution in [0.5, 0.6) is 0 Å². The highest BCUT2D eigenvalue weighted by Crippen LogP contribution is 2.20. The zero-order valence-corrected chi connectivity index (χ0v) is 14.1. The molecule has 3 aromatic rings. The van der Waals surface area contributed by atoms with E-state index in [1.165, 1.54) is 17.3 Å². The van der Waals surface area contributed by atoms with Crippen molar-refractivity contribution in [2.75, 3.05) is 0 Å². The van der Waals surface area contributed by atoms with Crippen LogP contribution >= 0.6 is 0 Å². The Kier molecular flexibility index (Phi) is 4.45. The van der Waals surface area contributed by atoms with Crippen LogP contribution in [-0.2, 0) is 23.5 Å². The number of aromatic nitrogens is 4. The molecule has 0 aliphatic carbocycles. The number of hydrogen-bond donors (Lipinski definition) is 1. The average molecular weight is 347 g/mol. The van der Waals surface area contributed by atoms with Crippen LogP contribution in [0.2, 0.25) is 0 Å². The average Bonchev–Trinajstić information content (AvgIpc) is 3.19. The van der Waals surface area contributed by atoms with Crippen molar-refractivity contribution in [2.24, 2.45) is 7.05 Å². The lowest BCUT2D eigenvalue weighted by Gasteiger charge is -2.15. The van der Waals surface area contributed by atoms with Gasteiger partial charge in [-0.05, 0) is 18.9 Å². The van der Waals surface area contributed by atoms with Gasteiger partial charge in [0.25, 0.3) is 0 Å². The maximum absolute atomic E-state index is 12.7. The van der Waals surface area contributed by atoms with Crippen molar-refractivity contribution in [3.05, 3.63) is 60.0 Å². The maximum atomic E-state index is 12.7. The smallest absolute Gasteiger partial charge is 0.244 e. The van der Waals surface area contributed by atoms with Crippen molar-refractivity contribution in [1.29, 1.82) is 0 Å². The Bertz CT molecular complexity index is 904. The second-order valence-electron chi connectivity index (χ2n) is 5.37. The molecule has 126 valence electrons. The van der Waals surface area contributed by atoms with Gasteiger partial charge in [-0.15, -0.1) is 0 Å². The van der Waals surface area contributed by atoms with Crippen LogP contribution in [0.3, 0.4) is 0 Å². The van der Waals surface area contributed by atoms with Gasteiger partial charge in [0, 0.05) is 7.05 Å². The first-order valence-corrected chi connectivity index (χ1v) is 8.77. The predicted octanol–water partition coefficient (Wildman–Crippen LogP) is 1.37. The highest BCUT2D eigenvalue weighted by Gasteiger charge is 2.27. The van der Waals surface area contributed by atoms with Gasteiger partial charge in [0.2, 0.25) is 16.4 Å². The first kappa shape index (κ1) is 16.3. The Labute approximate surface area is 139 Å². The lowest BCUT2D eigenvalue weighted by Crippen LogP contribution is -2.31. The molecule has 8 nitrogen and oxygen atoms in total. The molecule has 0 amide bonds. The molecule has 0 bridgehead atoms. The van der Waals surface area contributed by atoms with Gasteiger partial charge in [0.05, 0.1) is 17.9 Å². The fourth-order valence-corrected chi connectivity index (χ4v) is 3.76. The van der Waals surface area contributed by atoms with Crippen LogP contribution in [0.25, 0.3) is 0 Å². The Morgan fingerprint density at radius 3 is 2.62 bits per heavy atom. The molecule has 1 N–H and O–H groups in total. The van der Waals surface area contributed by atoms with E-state index in [-0.39, 0.29) is 10.7 Å². The summed E-state index contributed by atoms with van der Waals surface area (Å²) in [7, 11) is -2.08. The largest absolute Gasteiger partial charge is 0.343 e. The SMILES string of the molecule is Cc1c(S(=O)(=O)NC(Cc2ccccc2)c2ncon2)cnn1C. The molecule has 0 radical (unpaired) electrons. The van der Waals surface area contributed by atoms with Crippen molar-refractivity contribution in [1.82, 2.24) is 24.6 Å². The van der Waals surface area contributed by atoms with Gasteiger partial charge in [-0.2, -0.15) is 14.8 Å². The van der Waals surface area contributed by atoms with E-state index in [1.54, 1.807) is 14.0 Å². The zero-order valence-electron chi connectivity index (χ0n) is 13.2. The first-order valence-electron chi connectivity index (χ1n) is 7.28.